The predicted octanol–water partition coefficient (Wildman–Crippen LogP) is 1.14. The Kier molecular flexibility index (Phi) is 3.17. The Morgan fingerprint density at radius 2 is 1.95 bits per heavy atom. The van der Waals surface area contributed by atoms with E-state index < -0.39 is 0 Å². The van der Waals surface area contributed by atoms with Crippen LogP contribution in [0.4, 0.5) is 5.69 Å². The highest BCUT2D eigenvalue weighted by atomic mass is 16.2. The van der Waals surface area contributed by atoms with Crippen molar-refractivity contribution in [1.29, 1.82) is 0 Å². The number of imide groups is 1. The van der Waals surface area contributed by atoms with E-state index in [2.05, 4.69) is 15.4 Å². The van der Waals surface area contributed by atoms with Crippen LogP contribution in [0.3, 0.4) is 0 Å². The van der Waals surface area contributed by atoms with Crippen molar-refractivity contribution in [2.24, 2.45) is 0 Å². The molecule has 0 saturated heterocycles. The van der Waals surface area contributed by atoms with Crippen molar-refractivity contribution in [3.63, 3.8) is 0 Å². The molecule has 7 nitrogen and oxygen atoms in total. The normalized spacial score (nSPS) is 13.7. The molecule has 7 heteroatoms. The van der Waals surface area contributed by atoms with Crippen LogP contribution in [0.25, 0.3) is 0 Å². The van der Waals surface area contributed by atoms with Gasteiger partial charge < -0.3 is 5.32 Å². The van der Waals surface area contributed by atoms with Gasteiger partial charge in [0.15, 0.2) is 0 Å². The van der Waals surface area contributed by atoms with Gasteiger partial charge in [-0.05, 0) is 25.1 Å². The monoisotopic (exact) mass is 285 g/mol. The van der Waals surface area contributed by atoms with Gasteiger partial charge in [-0.2, -0.15) is 5.10 Å². The fraction of sp³-hybridized carbons (Fsp3) is 0.286. The summed E-state index contributed by atoms with van der Waals surface area (Å²) < 4.78 is 1.79. The van der Waals surface area contributed by atoms with Crippen LogP contribution < -0.4 is 5.32 Å². The second-order valence-corrected chi connectivity index (χ2v) is 4.78. The van der Waals surface area contributed by atoms with Crippen LogP contribution in [0.15, 0.2) is 24.5 Å². The molecule has 0 fully saturated rings. The summed E-state index contributed by atoms with van der Waals surface area (Å²) in [5, 5.41) is 7.29. The Labute approximate surface area is 121 Å². The minimum atomic E-state index is -0.268. The van der Waals surface area contributed by atoms with Crippen LogP contribution >= 0.6 is 0 Å². The number of amides is 2. The van der Waals surface area contributed by atoms with E-state index in [0.717, 1.165) is 23.0 Å². The summed E-state index contributed by atoms with van der Waals surface area (Å²) in [7, 11) is 1.49. The average molecular weight is 285 g/mol. The van der Waals surface area contributed by atoms with Crippen molar-refractivity contribution in [2.45, 2.75) is 20.0 Å². The molecule has 2 heterocycles. The van der Waals surface area contributed by atoms with Crippen molar-refractivity contribution in [3.8, 4) is 0 Å². The third kappa shape index (κ3) is 2.16. The van der Waals surface area contributed by atoms with Crippen LogP contribution in [-0.2, 0) is 13.1 Å². The molecule has 2 amide bonds. The molecule has 1 aromatic carbocycles. The van der Waals surface area contributed by atoms with Gasteiger partial charge in [-0.25, -0.2) is 9.67 Å². The number of benzene rings is 1. The number of rotatable bonds is 4. The second-order valence-electron chi connectivity index (χ2n) is 4.78. The highest BCUT2D eigenvalue weighted by Crippen LogP contribution is 2.24. The lowest BCUT2D eigenvalue weighted by molar-refractivity contribution is 0.0693. The van der Waals surface area contributed by atoms with E-state index in [1.807, 2.05) is 6.92 Å². The fourth-order valence-corrected chi connectivity index (χ4v) is 2.34. The molecule has 3 rings (SSSR count). The summed E-state index contributed by atoms with van der Waals surface area (Å²) >= 11 is 0. The molecule has 0 saturated carbocycles. The molecular weight excluding hydrogens is 270 g/mol. The lowest BCUT2D eigenvalue weighted by Crippen LogP contribution is -2.24. The SMILES string of the molecule is CCn1ncnc1CNc1ccc2c(c1)C(=O)N(C)C2=O. The maximum atomic E-state index is 11.9. The van der Waals surface area contributed by atoms with Crippen molar-refractivity contribution in [2.75, 3.05) is 12.4 Å². The van der Waals surface area contributed by atoms with Gasteiger partial charge in [0.05, 0.1) is 17.7 Å². The lowest BCUT2D eigenvalue weighted by Gasteiger charge is -2.07. The number of carbonyl (C=O) groups is 2. The molecule has 0 radical (unpaired) electrons. The number of fused-ring (bicyclic) bond motifs is 1. The highest BCUT2D eigenvalue weighted by Gasteiger charge is 2.32. The molecule has 0 spiro atoms. The summed E-state index contributed by atoms with van der Waals surface area (Å²) in [6.07, 6.45) is 1.51. The first-order valence-electron chi connectivity index (χ1n) is 6.68. The molecule has 1 aliphatic rings. The quantitative estimate of drug-likeness (QED) is 0.852. The van der Waals surface area contributed by atoms with Crippen LogP contribution in [0.5, 0.6) is 0 Å². The smallest absolute Gasteiger partial charge is 0.261 e. The van der Waals surface area contributed by atoms with E-state index in [0.29, 0.717) is 17.7 Å². The fourth-order valence-electron chi connectivity index (χ4n) is 2.34. The number of hydrogen-bond acceptors (Lipinski definition) is 5. The van der Waals surface area contributed by atoms with E-state index in [4.69, 9.17) is 0 Å². The Morgan fingerprint density at radius 3 is 2.71 bits per heavy atom. The van der Waals surface area contributed by atoms with Crippen molar-refractivity contribution >= 4 is 17.5 Å². The number of hydrogen-bond donors (Lipinski definition) is 1. The van der Waals surface area contributed by atoms with Crippen LogP contribution in [-0.4, -0.2) is 38.5 Å². The maximum absolute atomic E-state index is 11.9. The summed E-state index contributed by atoms with van der Waals surface area (Å²) in [5.41, 5.74) is 1.66. The number of anilines is 1. The van der Waals surface area contributed by atoms with E-state index >= 15 is 0 Å². The molecule has 1 aliphatic heterocycles. The van der Waals surface area contributed by atoms with Crippen LogP contribution in [0, 0.1) is 0 Å². The third-order valence-corrected chi connectivity index (χ3v) is 3.54. The first-order valence-corrected chi connectivity index (χ1v) is 6.68. The molecular formula is C14H15N5O2. The highest BCUT2D eigenvalue weighted by molar-refractivity contribution is 6.21. The number of aryl methyl sites for hydroxylation is 1. The summed E-state index contributed by atoms with van der Waals surface area (Å²) in [5.74, 6) is 0.292. The largest absolute Gasteiger partial charge is 0.378 e. The van der Waals surface area contributed by atoms with Gasteiger partial charge in [0.25, 0.3) is 11.8 Å². The van der Waals surface area contributed by atoms with Crippen LogP contribution in [0.1, 0.15) is 33.5 Å². The van der Waals surface area contributed by atoms with Crippen molar-refractivity contribution in [3.05, 3.63) is 41.5 Å². The molecule has 0 atom stereocenters. The number of nitrogens with one attached hydrogen (secondary N) is 1. The van der Waals surface area contributed by atoms with Gasteiger partial charge >= 0.3 is 0 Å². The van der Waals surface area contributed by atoms with Gasteiger partial charge in [-0.15, -0.1) is 0 Å². The molecule has 108 valence electrons. The zero-order chi connectivity index (χ0) is 15.0. The minimum absolute atomic E-state index is 0.257. The Bertz CT molecular complexity index is 722. The lowest BCUT2D eigenvalue weighted by atomic mass is 10.1. The van der Waals surface area contributed by atoms with Crippen molar-refractivity contribution in [1.82, 2.24) is 19.7 Å². The first-order chi connectivity index (χ1) is 10.1. The Balaban J connectivity index is 1.80. The number of nitrogens with zero attached hydrogens (tertiary/aromatic N) is 4. The summed E-state index contributed by atoms with van der Waals surface area (Å²) in [4.78, 5) is 29.1. The van der Waals surface area contributed by atoms with Gasteiger partial charge in [0.1, 0.15) is 12.2 Å². The zero-order valence-electron chi connectivity index (χ0n) is 11.8. The van der Waals surface area contributed by atoms with Gasteiger partial charge in [-0.3, -0.25) is 14.5 Å². The molecule has 2 aromatic rings. The van der Waals surface area contributed by atoms with Gasteiger partial charge in [-0.1, -0.05) is 0 Å². The van der Waals surface area contributed by atoms with E-state index in [1.54, 1.807) is 22.9 Å². The maximum Gasteiger partial charge on any atom is 0.261 e. The average Bonchev–Trinajstić information content (AvgIpc) is 3.05. The number of carbonyl (C=O) groups excluding carboxylic acids is 2. The Hall–Kier alpha value is -2.70. The van der Waals surface area contributed by atoms with Gasteiger partial charge in [0.2, 0.25) is 0 Å². The molecule has 1 aromatic heterocycles. The van der Waals surface area contributed by atoms with Crippen LogP contribution in [0.2, 0.25) is 0 Å². The van der Waals surface area contributed by atoms with E-state index in [-0.39, 0.29) is 11.8 Å². The summed E-state index contributed by atoms with van der Waals surface area (Å²) in [6, 6.07) is 5.16. The number of aromatic nitrogens is 3. The molecule has 1 N–H and O–H groups in total. The third-order valence-electron chi connectivity index (χ3n) is 3.54. The molecule has 0 unspecified atom stereocenters. The van der Waals surface area contributed by atoms with E-state index in [9.17, 15) is 9.59 Å². The zero-order valence-corrected chi connectivity index (χ0v) is 11.8. The summed E-state index contributed by atoms with van der Waals surface area (Å²) in [6.45, 7) is 3.25. The first kappa shape index (κ1) is 13.3. The molecule has 21 heavy (non-hydrogen) atoms. The standard InChI is InChI=1S/C14H15N5O2/c1-3-19-12(16-8-17-19)7-15-9-4-5-10-11(6-9)14(21)18(2)13(10)20/h4-6,8,15H,3,7H2,1-2H3. The van der Waals surface area contributed by atoms with Crippen molar-refractivity contribution < 1.29 is 9.59 Å². The molecule has 0 aliphatic carbocycles. The Morgan fingerprint density at radius 1 is 1.19 bits per heavy atom. The minimum Gasteiger partial charge on any atom is -0.378 e. The topological polar surface area (TPSA) is 80.1 Å². The second kappa shape index (κ2) is 5.01. The van der Waals surface area contributed by atoms with E-state index in [1.165, 1.54) is 13.4 Å². The van der Waals surface area contributed by atoms with Gasteiger partial charge in [0, 0.05) is 19.3 Å². The molecule has 0 bridgehead atoms. The predicted molar refractivity (Wildman–Crippen MR) is 75.9 cm³/mol.